The highest BCUT2D eigenvalue weighted by Gasteiger charge is 2.24. The molecule has 2 unspecified atom stereocenters. The molecule has 0 amide bonds. The van der Waals surface area contributed by atoms with Gasteiger partial charge in [-0.3, -0.25) is 4.98 Å². The van der Waals surface area contributed by atoms with E-state index < -0.39 is 6.10 Å². The summed E-state index contributed by atoms with van der Waals surface area (Å²) in [6, 6.07) is 9.29. The highest BCUT2D eigenvalue weighted by molar-refractivity contribution is 9.10. The van der Waals surface area contributed by atoms with Gasteiger partial charge < -0.3 is 15.6 Å². The van der Waals surface area contributed by atoms with Crippen LogP contribution in [-0.2, 0) is 0 Å². The van der Waals surface area contributed by atoms with Gasteiger partial charge in [0.05, 0.1) is 13.2 Å². The van der Waals surface area contributed by atoms with E-state index in [0.29, 0.717) is 12.3 Å². The Hall–Kier alpha value is -1.43. The Morgan fingerprint density at radius 1 is 1.40 bits per heavy atom. The number of hydrogen-bond donors (Lipinski definition) is 2. The quantitative estimate of drug-likeness (QED) is 0.880. The lowest BCUT2D eigenvalue weighted by atomic mass is 9.90. The van der Waals surface area contributed by atoms with Crippen LogP contribution in [0.2, 0.25) is 0 Å². The van der Waals surface area contributed by atoms with Gasteiger partial charge in [-0.2, -0.15) is 0 Å². The van der Waals surface area contributed by atoms with Crippen LogP contribution in [0.15, 0.2) is 47.2 Å². The van der Waals surface area contributed by atoms with Crippen molar-refractivity contribution in [2.24, 2.45) is 5.73 Å². The molecule has 2 aromatic rings. The fourth-order valence-corrected chi connectivity index (χ4v) is 2.53. The summed E-state index contributed by atoms with van der Waals surface area (Å²) in [5, 5.41) is 10.6. The van der Waals surface area contributed by atoms with Crippen molar-refractivity contribution in [1.29, 1.82) is 0 Å². The predicted octanol–water partition coefficient (Wildman–Crippen LogP) is 2.63. The Morgan fingerprint density at radius 3 is 2.80 bits per heavy atom. The summed E-state index contributed by atoms with van der Waals surface area (Å²) >= 11 is 3.39. The molecular weight excluding hydrogens is 320 g/mol. The van der Waals surface area contributed by atoms with E-state index in [1.807, 2.05) is 30.3 Å². The highest BCUT2D eigenvalue weighted by Crippen LogP contribution is 2.36. The third-order valence-corrected chi connectivity index (χ3v) is 3.76. The summed E-state index contributed by atoms with van der Waals surface area (Å²) in [7, 11) is 1.58. The number of aliphatic hydroxyl groups excluding tert-OH is 1. The maximum atomic E-state index is 10.6. The first-order chi connectivity index (χ1) is 9.67. The Morgan fingerprint density at radius 2 is 2.20 bits per heavy atom. The summed E-state index contributed by atoms with van der Waals surface area (Å²) in [6.07, 6.45) is 2.68. The average Bonchev–Trinajstić information content (AvgIpc) is 2.48. The molecular formula is C15H17BrN2O2. The molecule has 20 heavy (non-hydrogen) atoms. The summed E-state index contributed by atoms with van der Waals surface area (Å²) in [6.45, 7) is 0.325. The van der Waals surface area contributed by atoms with Crippen LogP contribution in [0.25, 0.3) is 0 Å². The van der Waals surface area contributed by atoms with E-state index in [1.54, 1.807) is 19.5 Å². The summed E-state index contributed by atoms with van der Waals surface area (Å²) in [4.78, 5) is 4.08. The molecule has 0 aliphatic carbocycles. The summed E-state index contributed by atoms with van der Waals surface area (Å²) in [5.41, 5.74) is 7.45. The number of hydrogen-bond acceptors (Lipinski definition) is 4. The molecule has 106 valence electrons. The maximum absolute atomic E-state index is 10.6. The van der Waals surface area contributed by atoms with Crippen LogP contribution < -0.4 is 10.5 Å². The number of nitrogens with two attached hydrogens (primary N) is 1. The molecule has 1 heterocycles. The van der Waals surface area contributed by atoms with Crippen LogP contribution >= 0.6 is 15.9 Å². The van der Waals surface area contributed by atoms with Gasteiger partial charge in [-0.25, -0.2) is 0 Å². The Kier molecular flexibility index (Phi) is 5.11. The number of rotatable bonds is 5. The van der Waals surface area contributed by atoms with Gasteiger partial charge in [0.15, 0.2) is 0 Å². The third kappa shape index (κ3) is 3.17. The van der Waals surface area contributed by atoms with Crippen LogP contribution in [0.3, 0.4) is 0 Å². The first-order valence-electron chi connectivity index (χ1n) is 6.29. The number of benzene rings is 1. The van der Waals surface area contributed by atoms with Gasteiger partial charge in [-0.1, -0.05) is 28.1 Å². The van der Waals surface area contributed by atoms with Crippen molar-refractivity contribution < 1.29 is 9.84 Å². The number of aromatic nitrogens is 1. The number of ether oxygens (including phenoxy) is 1. The number of aliphatic hydroxyl groups is 1. The van der Waals surface area contributed by atoms with Crippen LogP contribution in [-0.4, -0.2) is 23.7 Å². The van der Waals surface area contributed by atoms with Gasteiger partial charge in [0.2, 0.25) is 0 Å². The van der Waals surface area contributed by atoms with Crippen molar-refractivity contribution in [1.82, 2.24) is 4.98 Å². The van der Waals surface area contributed by atoms with Crippen LogP contribution in [0, 0.1) is 0 Å². The normalized spacial score (nSPS) is 13.8. The fraction of sp³-hybridized carbons (Fsp3) is 0.267. The van der Waals surface area contributed by atoms with Crippen LogP contribution in [0.5, 0.6) is 5.75 Å². The van der Waals surface area contributed by atoms with Crippen molar-refractivity contribution in [3.8, 4) is 5.75 Å². The summed E-state index contributed by atoms with van der Waals surface area (Å²) in [5.74, 6) is 0.410. The Balaban J connectivity index is 2.36. The molecule has 0 bridgehead atoms. The van der Waals surface area contributed by atoms with Crippen molar-refractivity contribution >= 4 is 15.9 Å². The van der Waals surface area contributed by atoms with E-state index in [-0.39, 0.29) is 5.92 Å². The van der Waals surface area contributed by atoms with Gasteiger partial charge in [0.25, 0.3) is 0 Å². The molecule has 0 saturated heterocycles. The number of halogens is 1. The number of pyridine rings is 1. The van der Waals surface area contributed by atoms with Gasteiger partial charge in [-0.15, -0.1) is 0 Å². The second-order valence-corrected chi connectivity index (χ2v) is 5.38. The number of nitrogens with zero attached hydrogens (tertiary/aromatic N) is 1. The van der Waals surface area contributed by atoms with Crippen molar-refractivity contribution in [2.45, 2.75) is 12.0 Å². The molecule has 2 atom stereocenters. The lowest BCUT2D eigenvalue weighted by Crippen LogP contribution is -2.20. The SMILES string of the molecule is COc1cc(Br)ccc1C(O)C(CN)c1cccnc1. The van der Waals surface area contributed by atoms with Gasteiger partial charge >= 0.3 is 0 Å². The highest BCUT2D eigenvalue weighted by atomic mass is 79.9. The molecule has 0 fully saturated rings. The van der Waals surface area contributed by atoms with E-state index in [1.165, 1.54) is 0 Å². The van der Waals surface area contributed by atoms with Crippen molar-refractivity contribution in [3.05, 3.63) is 58.3 Å². The Labute approximate surface area is 126 Å². The molecule has 4 nitrogen and oxygen atoms in total. The van der Waals surface area contributed by atoms with Gasteiger partial charge in [0, 0.05) is 34.9 Å². The molecule has 1 aromatic carbocycles. The van der Waals surface area contributed by atoms with E-state index >= 15 is 0 Å². The van der Waals surface area contributed by atoms with Crippen LogP contribution in [0.4, 0.5) is 0 Å². The molecule has 3 N–H and O–H groups in total. The molecule has 1 aromatic heterocycles. The minimum absolute atomic E-state index is 0.223. The van der Waals surface area contributed by atoms with E-state index in [9.17, 15) is 5.11 Å². The van der Waals surface area contributed by atoms with Gasteiger partial charge in [-0.05, 0) is 23.8 Å². The fourth-order valence-electron chi connectivity index (χ4n) is 2.19. The standard InChI is InChI=1S/C15H17BrN2O2/c1-20-14-7-11(16)4-5-12(14)15(19)13(8-17)10-3-2-6-18-9-10/h2-7,9,13,15,19H,8,17H2,1H3. The van der Waals surface area contributed by atoms with Crippen molar-refractivity contribution in [2.75, 3.05) is 13.7 Å². The molecule has 0 radical (unpaired) electrons. The third-order valence-electron chi connectivity index (χ3n) is 3.26. The summed E-state index contributed by atoms with van der Waals surface area (Å²) < 4.78 is 6.23. The zero-order chi connectivity index (χ0) is 14.5. The largest absolute Gasteiger partial charge is 0.496 e. The topological polar surface area (TPSA) is 68.4 Å². The number of methoxy groups -OCH3 is 1. The molecule has 0 aliphatic heterocycles. The second kappa shape index (κ2) is 6.83. The maximum Gasteiger partial charge on any atom is 0.125 e. The molecule has 0 spiro atoms. The first-order valence-corrected chi connectivity index (χ1v) is 7.08. The molecule has 0 saturated carbocycles. The van der Waals surface area contributed by atoms with Crippen molar-refractivity contribution in [3.63, 3.8) is 0 Å². The van der Waals surface area contributed by atoms with Gasteiger partial charge in [0.1, 0.15) is 5.75 Å². The van der Waals surface area contributed by atoms with E-state index in [0.717, 1.165) is 15.6 Å². The lowest BCUT2D eigenvalue weighted by molar-refractivity contribution is 0.143. The Bertz CT molecular complexity index is 563. The smallest absolute Gasteiger partial charge is 0.125 e. The zero-order valence-electron chi connectivity index (χ0n) is 11.2. The molecule has 5 heteroatoms. The van der Waals surface area contributed by atoms with E-state index in [4.69, 9.17) is 10.5 Å². The van der Waals surface area contributed by atoms with Crippen LogP contribution in [0.1, 0.15) is 23.1 Å². The lowest BCUT2D eigenvalue weighted by Gasteiger charge is -2.23. The zero-order valence-corrected chi connectivity index (χ0v) is 12.7. The van der Waals surface area contributed by atoms with E-state index in [2.05, 4.69) is 20.9 Å². The first kappa shape index (κ1) is 15.0. The minimum atomic E-state index is -0.743. The minimum Gasteiger partial charge on any atom is -0.496 e. The monoisotopic (exact) mass is 336 g/mol. The molecule has 2 rings (SSSR count). The second-order valence-electron chi connectivity index (χ2n) is 4.46. The predicted molar refractivity (Wildman–Crippen MR) is 81.7 cm³/mol. The average molecular weight is 337 g/mol. The molecule has 0 aliphatic rings.